The summed E-state index contributed by atoms with van der Waals surface area (Å²) in [6.07, 6.45) is -0.188. The van der Waals surface area contributed by atoms with Crippen molar-refractivity contribution in [3.8, 4) is 11.3 Å². The Morgan fingerprint density at radius 1 is 1.31 bits per heavy atom. The number of alkyl halides is 2. The highest BCUT2D eigenvalue weighted by Crippen LogP contribution is 2.41. The lowest BCUT2D eigenvalue weighted by molar-refractivity contribution is -0.116. The van der Waals surface area contributed by atoms with E-state index in [0.717, 1.165) is 43.0 Å². The molecule has 1 saturated heterocycles. The van der Waals surface area contributed by atoms with Gasteiger partial charge < -0.3 is 10.1 Å². The molecule has 1 unspecified atom stereocenters. The fourth-order valence-corrected chi connectivity index (χ4v) is 4.80. The van der Waals surface area contributed by atoms with Crippen molar-refractivity contribution in [2.75, 3.05) is 6.54 Å². The number of aromatic nitrogens is 2. The van der Waals surface area contributed by atoms with Crippen LogP contribution in [0.2, 0.25) is 0 Å². The first-order chi connectivity index (χ1) is 13.4. The van der Waals surface area contributed by atoms with Crippen molar-refractivity contribution in [3.05, 3.63) is 34.3 Å². The second-order valence-corrected chi connectivity index (χ2v) is 8.90. The summed E-state index contributed by atoms with van der Waals surface area (Å²) in [5.74, 6) is -2.86. The molecule has 1 atom stereocenters. The van der Waals surface area contributed by atoms with Crippen LogP contribution in [0.3, 0.4) is 0 Å². The van der Waals surface area contributed by atoms with E-state index in [1.165, 1.54) is 12.1 Å². The van der Waals surface area contributed by atoms with Gasteiger partial charge >= 0.3 is 6.09 Å². The molecule has 1 aromatic carbocycles. The number of benzene rings is 1. The minimum atomic E-state index is -3.09. The summed E-state index contributed by atoms with van der Waals surface area (Å²) < 4.78 is 27.7. The number of aromatic amines is 1. The fraction of sp³-hybridized carbons (Fsp3) is 0.450. The molecule has 29 heavy (non-hydrogen) atoms. The summed E-state index contributed by atoms with van der Waals surface area (Å²) in [5.41, 5.74) is 5.60. The molecule has 1 aromatic heterocycles. The third-order valence-corrected chi connectivity index (χ3v) is 7.44. The number of imidazole rings is 1. The third kappa shape index (κ3) is 3.83. The van der Waals surface area contributed by atoms with Gasteiger partial charge in [-0.25, -0.2) is 18.6 Å². The minimum Gasteiger partial charge on any atom is -0.465 e. The van der Waals surface area contributed by atoms with Crippen molar-refractivity contribution in [1.29, 1.82) is 0 Å². The number of rotatable bonds is 4. The average molecular weight is 422 g/mol. The van der Waals surface area contributed by atoms with Gasteiger partial charge in [-0.05, 0) is 49.9 Å². The zero-order chi connectivity index (χ0) is 21.7. The molecule has 0 aliphatic carbocycles. The largest absolute Gasteiger partial charge is 0.465 e. The molecule has 1 aliphatic heterocycles. The Hall–Kier alpha value is -2.55. The van der Waals surface area contributed by atoms with Crippen LogP contribution in [-0.2, 0) is 11.2 Å². The van der Waals surface area contributed by atoms with E-state index < -0.39 is 31.0 Å². The number of nitrogens with zero attached hydrogens (tertiary/aromatic N) is 2. The number of hydrogen-bond acceptors (Lipinski definition) is 3. The summed E-state index contributed by atoms with van der Waals surface area (Å²) in [5, 5.41) is 10.6. The van der Waals surface area contributed by atoms with Crippen LogP contribution in [-0.4, -0.2) is 54.6 Å². The molecule has 6 nitrogen and oxygen atoms in total. The van der Waals surface area contributed by atoms with Crippen LogP contribution in [0.5, 0.6) is 0 Å². The third-order valence-electron chi connectivity index (χ3n) is 5.94. The van der Waals surface area contributed by atoms with Gasteiger partial charge in [0.05, 0.1) is 24.5 Å². The number of halogens is 2. The van der Waals surface area contributed by atoms with Crippen LogP contribution in [0.25, 0.3) is 11.3 Å². The van der Waals surface area contributed by atoms with Gasteiger partial charge in [-0.15, -0.1) is 0 Å². The molecule has 1 fully saturated rings. The van der Waals surface area contributed by atoms with Crippen LogP contribution >= 0.6 is 0 Å². The Morgan fingerprint density at radius 2 is 1.97 bits per heavy atom. The average Bonchev–Trinajstić information content (AvgIpc) is 3.21. The van der Waals surface area contributed by atoms with Gasteiger partial charge in [-0.2, -0.15) is 0 Å². The number of Topliss-reactive ketones (excluding diaryl/α,β-unsaturated/α-hetero) is 1. The Morgan fingerprint density at radius 3 is 2.55 bits per heavy atom. The number of carbonyl (C=O) groups excluding carboxylic acids is 1. The molecule has 2 aromatic rings. The van der Waals surface area contributed by atoms with Crippen molar-refractivity contribution < 1.29 is 23.5 Å². The van der Waals surface area contributed by atoms with Crippen molar-refractivity contribution in [2.45, 2.75) is 52.5 Å². The van der Waals surface area contributed by atoms with Gasteiger partial charge in [0.1, 0.15) is 11.6 Å². The van der Waals surface area contributed by atoms with Crippen LogP contribution in [0.15, 0.2) is 6.20 Å². The first kappa shape index (κ1) is 21.2. The van der Waals surface area contributed by atoms with Gasteiger partial charge in [-0.1, -0.05) is 5.19 Å². The van der Waals surface area contributed by atoms with E-state index in [9.17, 15) is 23.5 Å². The van der Waals surface area contributed by atoms with Gasteiger partial charge in [0.2, 0.25) is 0 Å². The second kappa shape index (κ2) is 7.36. The first-order valence-electron chi connectivity index (χ1n) is 9.44. The Bertz CT molecular complexity index is 1000. The molecule has 2 heterocycles. The van der Waals surface area contributed by atoms with Gasteiger partial charge in [0.25, 0.3) is 5.92 Å². The lowest BCUT2D eigenvalue weighted by atomic mass is 9.89. The summed E-state index contributed by atoms with van der Waals surface area (Å²) in [6, 6.07) is -1.03. The van der Waals surface area contributed by atoms with E-state index in [1.54, 1.807) is 6.20 Å². The molecule has 3 rings (SSSR count). The number of hydrogen-bond donors (Lipinski definition) is 2. The van der Waals surface area contributed by atoms with Gasteiger partial charge in [-0.3, -0.25) is 9.69 Å². The standard InChI is InChI=1S/C20H25F2N3O3Si/c1-9(26)5-13-12(4)17(29)11(3)10(2)16(13)14-7-23-18(24-14)15-6-20(21,22)8-25(15)19(27)28/h7,15H,5-6,8H2,1-4,29H3,(H,23,24)(H,27,28). The number of likely N-dealkylation sites (tertiary alicyclic amines) is 1. The number of amides is 1. The monoisotopic (exact) mass is 421 g/mol. The van der Waals surface area contributed by atoms with E-state index in [2.05, 4.69) is 9.97 Å². The summed E-state index contributed by atoms with van der Waals surface area (Å²) in [7, 11) is 0.845. The summed E-state index contributed by atoms with van der Waals surface area (Å²) in [6.45, 7) is 6.70. The number of ketones is 1. The van der Waals surface area contributed by atoms with Crippen LogP contribution in [0.1, 0.15) is 47.5 Å². The van der Waals surface area contributed by atoms with E-state index in [-0.39, 0.29) is 18.0 Å². The molecule has 1 amide bonds. The highest BCUT2D eigenvalue weighted by molar-refractivity contribution is 6.34. The number of carboxylic acid groups (broad SMARTS) is 1. The maximum atomic E-state index is 13.9. The number of nitrogens with one attached hydrogen (secondary N) is 1. The Kier molecular flexibility index (Phi) is 5.37. The van der Waals surface area contributed by atoms with Gasteiger partial charge in [0, 0.05) is 28.6 Å². The lowest BCUT2D eigenvalue weighted by Gasteiger charge is -2.20. The highest BCUT2D eigenvalue weighted by Gasteiger charge is 2.49. The normalized spacial score (nSPS) is 18.4. The number of H-pyrrole nitrogens is 1. The molecule has 156 valence electrons. The zero-order valence-corrected chi connectivity index (χ0v) is 19.2. The quantitative estimate of drug-likeness (QED) is 0.741. The van der Waals surface area contributed by atoms with E-state index in [1.807, 2.05) is 20.8 Å². The zero-order valence-electron chi connectivity index (χ0n) is 17.2. The minimum absolute atomic E-state index is 0.0332. The molecular weight excluding hydrogens is 396 g/mol. The maximum Gasteiger partial charge on any atom is 0.408 e. The van der Waals surface area contributed by atoms with E-state index in [0.29, 0.717) is 5.69 Å². The topological polar surface area (TPSA) is 86.3 Å². The smallest absolute Gasteiger partial charge is 0.408 e. The van der Waals surface area contributed by atoms with Crippen molar-refractivity contribution in [1.82, 2.24) is 14.9 Å². The SMILES string of the molecule is CC(=O)Cc1c(C)c([SiH3])c(C)c(C)c1-c1cnc(C2CC(F)(F)CN2C(=O)O)[nH]1. The fourth-order valence-electron chi connectivity index (χ4n) is 4.12. The summed E-state index contributed by atoms with van der Waals surface area (Å²) >= 11 is 0. The van der Waals surface area contributed by atoms with Crippen molar-refractivity contribution in [2.24, 2.45) is 0 Å². The first-order valence-corrected chi connectivity index (χ1v) is 10.4. The highest BCUT2D eigenvalue weighted by atomic mass is 28.1. The van der Waals surface area contributed by atoms with Crippen molar-refractivity contribution in [3.63, 3.8) is 0 Å². The molecule has 0 spiro atoms. The van der Waals surface area contributed by atoms with Crippen LogP contribution < -0.4 is 5.19 Å². The maximum absolute atomic E-state index is 13.9. The van der Waals surface area contributed by atoms with Crippen LogP contribution in [0.4, 0.5) is 13.6 Å². The van der Waals surface area contributed by atoms with Crippen molar-refractivity contribution >= 4 is 27.3 Å². The lowest BCUT2D eigenvalue weighted by Crippen LogP contribution is -2.31. The van der Waals surface area contributed by atoms with Crippen LogP contribution in [0, 0.1) is 20.8 Å². The molecule has 0 radical (unpaired) electrons. The molecule has 1 aliphatic rings. The van der Waals surface area contributed by atoms with E-state index in [4.69, 9.17) is 0 Å². The number of carbonyl (C=O) groups is 2. The molecule has 0 bridgehead atoms. The predicted molar refractivity (Wildman–Crippen MR) is 109 cm³/mol. The second-order valence-electron chi connectivity index (χ2n) is 7.90. The molecular formula is C20H25F2N3O3Si. The predicted octanol–water partition coefficient (Wildman–Crippen LogP) is 2.18. The Balaban J connectivity index is 2.11. The van der Waals surface area contributed by atoms with Gasteiger partial charge in [0.15, 0.2) is 0 Å². The Labute approximate surface area is 170 Å². The molecule has 9 heteroatoms. The molecule has 2 N–H and O–H groups in total. The summed E-state index contributed by atoms with van der Waals surface area (Å²) in [4.78, 5) is 31.4. The van der Waals surface area contributed by atoms with E-state index >= 15 is 0 Å². The molecule has 0 saturated carbocycles.